The van der Waals surface area contributed by atoms with Gasteiger partial charge in [-0.1, -0.05) is 50.2 Å². The molecule has 3 rings (SSSR count). The highest BCUT2D eigenvalue weighted by molar-refractivity contribution is 7.89. The van der Waals surface area contributed by atoms with Gasteiger partial charge in [0.05, 0.1) is 4.90 Å². The molecule has 1 heterocycles. The third-order valence-electron chi connectivity index (χ3n) is 4.80. The Morgan fingerprint density at radius 3 is 2.35 bits per heavy atom. The van der Waals surface area contributed by atoms with Crippen LogP contribution in [0.4, 0.5) is 0 Å². The van der Waals surface area contributed by atoms with Gasteiger partial charge in [0.1, 0.15) is 6.04 Å². The number of hydrogen-bond acceptors (Lipinski definition) is 3. The predicted octanol–water partition coefficient (Wildman–Crippen LogP) is 2.98. The van der Waals surface area contributed by atoms with Gasteiger partial charge in [0, 0.05) is 13.1 Å². The maximum atomic E-state index is 13.3. The number of benzene rings is 2. The van der Waals surface area contributed by atoms with Crippen LogP contribution in [0.5, 0.6) is 0 Å². The molecule has 2 aromatic rings. The summed E-state index contributed by atoms with van der Waals surface area (Å²) in [5.41, 5.74) is 2.69. The minimum Gasteiger partial charge on any atom is -0.353 e. The van der Waals surface area contributed by atoms with E-state index in [4.69, 9.17) is 0 Å². The first-order valence-electron chi connectivity index (χ1n) is 8.77. The van der Waals surface area contributed by atoms with Crippen molar-refractivity contribution in [2.45, 2.75) is 37.6 Å². The van der Waals surface area contributed by atoms with E-state index in [0.29, 0.717) is 18.0 Å². The van der Waals surface area contributed by atoms with Crippen molar-refractivity contribution >= 4 is 15.9 Å². The zero-order valence-corrected chi connectivity index (χ0v) is 16.1. The fourth-order valence-electron chi connectivity index (χ4n) is 3.25. The van der Waals surface area contributed by atoms with Gasteiger partial charge in [0.2, 0.25) is 15.9 Å². The number of carbonyl (C=O) groups is 1. The Labute approximate surface area is 155 Å². The molecule has 0 bridgehead atoms. The van der Waals surface area contributed by atoms with Crippen LogP contribution < -0.4 is 5.32 Å². The molecule has 0 aromatic heterocycles. The Balaban J connectivity index is 2.03. The molecule has 1 aliphatic rings. The molecule has 26 heavy (non-hydrogen) atoms. The van der Waals surface area contributed by atoms with E-state index in [-0.39, 0.29) is 17.3 Å². The molecular formula is C20H24N2O3S. The van der Waals surface area contributed by atoms with E-state index >= 15 is 0 Å². The number of rotatable bonds is 4. The molecule has 1 saturated heterocycles. The first-order valence-corrected chi connectivity index (χ1v) is 10.2. The Bertz CT molecular complexity index is 905. The minimum absolute atomic E-state index is 0.218. The molecule has 1 aliphatic heterocycles. The van der Waals surface area contributed by atoms with Gasteiger partial charge >= 0.3 is 0 Å². The zero-order valence-electron chi connectivity index (χ0n) is 15.3. The van der Waals surface area contributed by atoms with Crippen LogP contribution in [0.1, 0.15) is 42.5 Å². The molecule has 0 aliphatic carbocycles. The third-order valence-corrected chi connectivity index (χ3v) is 6.68. The molecule has 0 saturated carbocycles. The van der Waals surface area contributed by atoms with E-state index in [9.17, 15) is 13.2 Å². The highest BCUT2D eigenvalue weighted by atomic mass is 32.2. The van der Waals surface area contributed by atoms with E-state index in [0.717, 1.165) is 11.1 Å². The molecule has 2 aromatic carbocycles. The number of nitrogens with zero attached hydrogens (tertiary/aromatic N) is 1. The summed E-state index contributed by atoms with van der Waals surface area (Å²) >= 11 is 0. The summed E-state index contributed by atoms with van der Waals surface area (Å²) < 4.78 is 27.8. The molecule has 1 N–H and O–H groups in total. The van der Waals surface area contributed by atoms with Crippen LogP contribution in [0.2, 0.25) is 0 Å². The Morgan fingerprint density at radius 1 is 1.08 bits per heavy atom. The summed E-state index contributed by atoms with van der Waals surface area (Å²) in [5, 5.41) is 2.79. The summed E-state index contributed by atoms with van der Waals surface area (Å²) in [6.45, 7) is 6.57. The van der Waals surface area contributed by atoms with Crippen LogP contribution in [0.15, 0.2) is 53.4 Å². The fourth-order valence-corrected chi connectivity index (χ4v) is 4.82. The van der Waals surface area contributed by atoms with Crippen molar-refractivity contribution in [3.63, 3.8) is 0 Å². The largest absolute Gasteiger partial charge is 0.353 e. The second kappa shape index (κ2) is 7.21. The molecule has 1 amide bonds. The molecular weight excluding hydrogens is 348 g/mol. The van der Waals surface area contributed by atoms with Crippen LogP contribution >= 0.6 is 0 Å². The van der Waals surface area contributed by atoms with Crippen molar-refractivity contribution < 1.29 is 13.2 Å². The smallest absolute Gasteiger partial charge is 0.244 e. The standard InChI is InChI=1S/C20H24N2O3S/c1-14(2)16-8-10-17(11-9-16)26(24,25)22-13-12-21-20(23)19(22)18-7-5-4-6-15(18)3/h4-11,14,19H,12-13H2,1-3H3,(H,21,23). The average Bonchev–Trinajstić information content (AvgIpc) is 2.62. The van der Waals surface area contributed by atoms with Crippen LogP contribution in [-0.2, 0) is 14.8 Å². The Hall–Kier alpha value is -2.18. The van der Waals surface area contributed by atoms with E-state index < -0.39 is 16.1 Å². The molecule has 5 nitrogen and oxygen atoms in total. The molecule has 1 unspecified atom stereocenters. The number of aryl methyl sites for hydroxylation is 1. The van der Waals surface area contributed by atoms with E-state index in [1.54, 1.807) is 12.1 Å². The number of amides is 1. The van der Waals surface area contributed by atoms with Crippen molar-refractivity contribution in [3.05, 3.63) is 65.2 Å². The van der Waals surface area contributed by atoms with Gasteiger partial charge < -0.3 is 5.32 Å². The topological polar surface area (TPSA) is 66.5 Å². The number of carbonyl (C=O) groups excluding carboxylic acids is 1. The van der Waals surface area contributed by atoms with Gasteiger partial charge in [0.25, 0.3) is 0 Å². The molecule has 0 radical (unpaired) electrons. The second-order valence-corrected chi connectivity index (χ2v) is 8.78. The van der Waals surface area contributed by atoms with E-state index in [1.165, 1.54) is 4.31 Å². The lowest BCUT2D eigenvalue weighted by Gasteiger charge is -2.35. The highest BCUT2D eigenvalue weighted by Crippen LogP contribution is 2.31. The minimum atomic E-state index is -3.78. The summed E-state index contributed by atoms with van der Waals surface area (Å²) in [7, 11) is -3.78. The molecule has 138 valence electrons. The van der Waals surface area contributed by atoms with Crippen molar-refractivity contribution in [2.24, 2.45) is 0 Å². The van der Waals surface area contributed by atoms with Gasteiger partial charge in [-0.15, -0.1) is 0 Å². The monoisotopic (exact) mass is 372 g/mol. The average molecular weight is 372 g/mol. The van der Waals surface area contributed by atoms with Gasteiger partial charge in [-0.25, -0.2) is 8.42 Å². The number of nitrogens with one attached hydrogen (secondary N) is 1. The van der Waals surface area contributed by atoms with Crippen molar-refractivity contribution in [1.29, 1.82) is 0 Å². The third kappa shape index (κ3) is 3.39. The molecule has 1 atom stereocenters. The SMILES string of the molecule is Cc1ccccc1C1C(=O)NCCN1S(=O)(=O)c1ccc(C(C)C)cc1. The van der Waals surface area contributed by atoms with Crippen molar-refractivity contribution in [2.75, 3.05) is 13.1 Å². The van der Waals surface area contributed by atoms with Crippen LogP contribution in [0, 0.1) is 6.92 Å². The van der Waals surface area contributed by atoms with Gasteiger partial charge in [-0.2, -0.15) is 4.31 Å². The van der Waals surface area contributed by atoms with Crippen molar-refractivity contribution in [1.82, 2.24) is 9.62 Å². The quantitative estimate of drug-likeness (QED) is 0.897. The second-order valence-electron chi connectivity index (χ2n) is 6.89. The Kier molecular flexibility index (Phi) is 5.16. The van der Waals surface area contributed by atoms with Crippen LogP contribution in [0.3, 0.4) is 0 Å². The lowest BCUT2D eigenvalue weighted by atomic mass is 9.99. The lowest BCUT2D eigenvalue weighted by molar-refractivity contribution is -0.126. The van der Waals surface area contributed by atoms with Gasteiger partial charge in [-0.3, -0.25) is 4.79 Å². The molecule has 0 spiro atoms. The predicted molar refractivity (Wildman–Crippen MR) is 101 cm³/mol. The van der Waals surface area contributed by atoms with E-state index in [2.05, 4.69) is 19.2 Å². The molecule has 6 heteroatoms. The van der Waals surface area contributed by atoms with Gasteiger partial charge in [0.15, 0.2) is 0 Å². The maximum absolute atomic E-state index is 13.3. The first kappa shape index (κ1) is 18.6. The maximum Gasteiger partial charge on any atom is 0.244 e. The summed E-state index contributed by atoms with van der Waals surface area (Å²) in [6, 6.07) is 13.5. The normalized spacial score (nSPS) is 18.8. The zero-order chi connectivity index (χ0) is 18.9. The van der Waals surface area contributed by atoms with Crippen LogP contribution in [-0.4, -0.2) is 31.7 Å². The highest BCUT2D eigenvalue weighted by Gasteiger charge is 2.40. The summed E-state index contributed by atoms with van der Waals surface area (Å²) in [6.07, 6.45) is 0. The van der Waals surface area contributed by atoms with Crippen LogP contribution in [0.25, 0.3) is 0 Å². The van der Waals surface area contributed by atoms with E-state index in [1.807, 2.05) is 43.3 Å². The number of piperazine rings is 1. The van der Waals surface area contributed by atoms with Crippen molar-refractivity contribution in [3.8, 4) is 0 Å². The summed E-state index contributed by atoms with van der Waals surface area (Å²) in [4.78, 5) is 12.8. The number of hydrogen-bond donors (Lipinski definition) is 1. The number of sulfonamides is 1. The first-order chi connectivity index (χ1) is 12.3. The lowest BCUT2D eigenvalue weighted by Crippen LogP contribution is -2.52. The molecule has 1 fully saturated rings. The summed E-state index contributed by atoms with van der Waals surface area (Å²) in [5.74, 6) is 0.0418. The fraction of sp³-hybridized carbons (Fsp3) is 0.350. The Morgan fingerprint density at radius 2 is 1.73 bits per heavy atom. The van der Waals surface area contributed by atoms with Gasteiger partial charge in [-0.05, 0) is 41.7 Å².